The fourth-order valence-electron chi connectivity index (χ4n) is 3.90. The van der Waals surface area contributed by atoms with Gasteiger partial charge in [0.05, 0.1) is 6.54 Å². The zero-order chi connectivity index (χ0) is 22.1. The summed E-state index contributed by atoms with van der Waals surface area (Å²) in [5, 5.41) is 0.949. The third kappa shape index (κ3) is 4.02. The number of aryl methyl sites for hydroxylation is 3. The van der Waals surface area contributed by atoms with Gasteiger partial charge >= 0.3 is 0 Å². The number of carbonyl (C=O) groups is 1. The average Bonchev–Trinajstić information content (AvgIpc) is 2.74. The maximum absolute atomic E-state index is 13.7. The molecule has 0 aliphatic rings. The molecule has 0 unspecified atom stereocenters. The number of fused-ring (bicyclic) bond motifs is 1. The summed E-state index contributed by atoms with van der Waals surface area (Å²) in [6, 6.07) is 21.3. The minimum absolute atomic E-state index is 0.116. The van der Waals surface area contributed by atoms with Crippen LogP contribution in [-0.4, -0.2) is 10.9 Å². The van der Waals surface area contributed by atoms with Gasteiger partial charge in [-0.25, -0.2) is 0 Å². The second-order valence-corrected chi connectivity index (χ2v) is 8.14. The normalized spacial score (nSPS) is 11.0. The van der Waals surface area contributed by atoms with E-state index in [1.54, 1.807) is 4.90 Å². The summed E-state index contributed by atoms with van der Waals surface area (Å²) in [4.78, 5) is 31.3. The molecule has 0 aliphatic carbocycles. The molecule has 1 aromatic heterocycles. The van der Waals surface area contributed by atoms with Gasteiger partial charge in [0.2, 0.25) is 0 Å². The van der Waals surface area contributed by atoms with Gasteiger partial charge in [-0.15, -0.1) is 0 Å². The van der Waals surface area contributed by atoms with Crippen LogP contribution in [0.3, 0.4) is 0 Å². The first-order valence-corrected chi connectivity index (χ1v) is 10.4. The van der Waals surface area contributed by atoms with Gasteiger partial charge in [-0.1, -0.05) is 42.5 Å². The van der Waals surface area contributed by atoms with Crippen LogP contribution < -0.4 is 10.5 Å². The van der Waals surface area contributed by atoms with Crippen molar-refractivity contribution in [2.75, 3.05) is 4.90 Å². The van der Waals surface area contributed by atoms with E-state index in [9.17, 15) is 9.59 Å². The quantitative estimate of drug-likeness (QED) is 0.475. The number of hydrogen-bond donors (Lipinski definition) is 1. The molecule has 0 aliphatic heterocycles. The first-order chi connectivity index (χ1) is 14.8. The molecule has 4 aromatic rings. The van der Waals surface area contributed by atoms with E-state index in [1.165, 1.54) is 0 Å². The van der Waals surface area contributed by atoms with Crippen molar-refractivity contribution in [3.05, 3.63) is 110 Å². The molecular formula is C27H26N2O2. The van der Waals surface area contributed by atoms with Gasteiger partial charge < -0.3 is 9.88 Å². The Hall–Kier alpha value is -3.66. The number of aromatic amines is 1. The van der Waals surface area contributed by atoms with Gasteiger partial charge in [0.1, 0.15) is 0 Å². The molecule has 0 radical (unpaired) electrons. The van der Waals surface area contributed by atoms with Crippen LogP contribution >= 0.6 is 0 Å². The summed E-state index contributed by atoms with van der Waals surface area (Å²) in [5.74, 6) is -0.116. The molecule has 0 fully saturated rings. The van der Waals surface area contributed by atoms with E-state index < -0.39 is 0 Å². The zero-order valence-electron chi connectivity index (χ0n) is 18.3. The third-order valence-electron chi connectivity index (χ3n) is 5.89. The number of H-pyrrole nitrogens is 1. The highest BCUT2D eigenvalue weighted by Gasteiger charge is 2.22. The molecule has 1 heterocycles. The summed E-state index contributed by atoms with van der Waals surface area (Å²) in [6.45, 7) is 8.15. The molecule has 0 spiro atoms. The van der Waals surface area contributed by atoms with Crippen LogP contribution in [0.15, 0.2) is 71.5 Å². The highest BCUT2D eigenvalue weighted by Crippen LogP contribution is 2.27. The number of nitrogens with one attached hydrogen (secondary N) is 1. The van der Waals surface area contributed by atoms with E-state index in [-0.39, 0.29) is 18.0 Å². The Morgan fingerprint density at radius 3 is 2.39 bits per heavy atom. The molecule has 3 aromatic carbocycles. The highest BCUT2D eigenvalue weighted by atomic mass is 16.2. The Balaban J connectivity index is 1.84. The Morgan fingerprint density at radius 2 is 1.61 bits per heavy atom. The molecule has 4 heteroatoms. The lowest BCUT2D eigenvalue weighted by molar-refractivity contribution is 0.0984. The number of amides is 1. The Kier molecular flexibility index (Phi) is 5.47. The van der Waals surface area contributed by atoms with Crippen molar-refractivity contribution in [1.29, 1.82) is 0 Å². The number of hydrogen-bond acceptors (Lipinski definition) is 2. The maximum atomic E-state index is 13.7. The third-order valence-corrected chi connectivity index (χ3v) is 5.89. The minimum Gasteiger partial charge on any atom is -0.322 e. The standard InChI is InChI=1S/C27H26N2O2/c1-17-12-13-21-15-22(26(30)28-24(21)14-17)16-29(25-11-7-9-18(2)20(25)4)27(31)23-10-6-5-8-19(23)3/h5-15H,16H2,1-4H3,(H,28,30). The second-order valence-electron chi connectivity index (χ2n) is 8.14. The topological polar surface area (TPSA) is 53.2 Å². The molecule has 1 amide bonds. The molecule has 156 valence electrons. The predicted molar refractivity (Wildman–Crippen MR) is 127 cm³/mol. The minimum atomic E-state index is -0.175. The van der Waals surface area contributed by atoms with Crippen LogP contribution in [0.25, 0.3) is 10.9 Å². The SMILES string of the molecule is Cc1ccc2cc(CN(C(=O)c3ccccc3C)c3cccc(C)c3C)c(=O)[nH]c2c1. The summed E-state index contributed by atoms with van der Waals surface area (Å²) in [7, 11) is 0. The van der Waals surface area contributed by atoms with Gasteiger partial charge in [-0.2, -0.15) is 0 Å². The van der Waals surface area contributed by atoms with Gasteiger partial charge in [0.25, 0.3) is 11.5 Å². The number of aromatic nitrogens is 1. The molecule has 0 atom stereocenters. The summed E-state index contributed by atoms with van der Waals surface area (Å²) < 4.78 is 0. The monoisotopic (exact) mass is 410 g/mol. The summed E-state index contributed by atoms with van der Waals surface area (Å²) in [6.07, 6.45) is 0. The Morgan fingerprint density at radius 1 is 0.871 bits per heavy atom. The Labute approximate surface area is 182 Å². The lowest BCUT2D eigenvalue weighted by atomic mass is 10.0. The van der Waals surface area contributed by atoms with Crippen molar-refractivity contribution in [2.45, 2.75) is 34.2 Å². The number of nitrogens with zero attached hydrogens (tertiary/aromatic N) is 1. The first-order valence-electron chi connectivity index (χ1n) is 10.4. The molecule has 4 nitrogen and oxygen atoms in total. The fourth-order valence-corrected chi connectivity index (χ4v) is 3.90. The number of rotatable bonds is 4. The van der Waals surface area contributed by atoms with Crippen LogP contribution in [0, 0.1) is 27.7 Å². The van der Waals surface area contributed by atoms with E-state index in [0.29, 0.717) is 11.1 Å². The zero-order valence-corrected chi connectivity index (χ0v) is 18.3. The van der Waals surface area contributed by atoms with Crippen LogP contribution in [0.4, 0.5) is 5.69 Å². The number of carbonyl (C=O) groups excluding carboxylic acids is 1. The van der Waals surface area contributed by atoms with Crippen LogP contribution in [0.1, 0.15) is 38.2 Å². The molecule has 0 saturated heterocycles. The van der Waals surface area contributed by atoms with Crippen molar-refractivity contribution >= 4 is 22.5 Å². The summed E-state index contributed by atoms with van der Waals surface area (Å²) in [5.41, 5.74) is 6.75. The molecule has 31 heavy (non-hydrogen) atoms. The number of pyridine rings is 1. The van der Waals surface area contributed by atoms with Gasteiger partial charge in [-0.05, 0) is 79.6 Å². The van der Waals surface area contributed by atoms with Crippen molar-refractivity contribution in [2.24, 2.45) is 0 Å². The van der Waals surface area contributed by atoms with E-state index in [1.807, 2.05) is 94.4 Å². The summed E-state index contributed by atoms with van der Waals surface area (Å²) >= 11 is 0. The molecular weight excluding hydrogens is 384 g/mol. The highest BCUT2D eigenvalue weighted by molar-refractivity contribution is 6.07. The Bertz CT molecular complexity index is 1350. The van der Waals surface area contributed by atoms with Gasteiger partial charge in [0, 0.05) is 22.3 Å². The van der Waals surface area contributed by atoms with Crippen molar-refractivity contribution in [3.8, 4) is 0 Å². The lowest BCUT2D eigenvalue weighted by Gasteiger charge is -2.26. The molecule has 0 saturated carbocycles. The van der Waals surface area contributed by atoms with E-state index >= 15 is 0 Å². The van der Waals surface area contributed by atoms with Crippen molar-refractivity contribution < 1.29 is 4.79 Å². The fraction of sp³-hybridized carbons (Fsp3) is 0.185. The van der Waals surface area contributed by atoms with Crippen LogP contribution in [0.5, 0.6) is 0 Å². The van der Waals surface area contributed by atoms with Gasteiger partial charge in [0.15, 0.2) is 0 Å². The van der Waals surface area contributed by atoms with E-state index in [4.69, 9.17) is 0 Å². The lowest BCUT2D eigenvalue weighted by Crippen LogP contribution is -2.34. The molecule has 4 rings (SSSR count). The van der Waals surface area contributed by atoms with Crippen LogP contribution in [0.2, 0.25) is 0 Å². The predicted octanol–water partition coefficient (Wildman–Crippen LogP) is 5.61. The number of benzene rings is 3. The average molecular weight is 411 g/mol. The van der Waals surface area contributed by atoms with E-state index in [2.05, 4.69) is 4.98 Å². The first kappa shape index (κ1) is 20.6. The second kappa shape index (κ2) is 8.23. The van der Waals surface area contributed by atoms with Crippen LogP contribution in [-0.2, 0) is 6.54 Å². The van der Waals surface area contributed by atoms with E-state index in [0.717, 1.165) is 38.8 Å². The number of anilines is 1. The largest absolute Gasteiger partial charge is 0.322 e. The maximum Gasteiger partial charge on any atom is 0.258 e. The molecule has 0 bridgehead atoms. The van der Waals surface area contributed by atoms with Crippen molar-refractivity contribution in [1.82, 2.24) is 4.98 Å². The van der Waals surface area contributed by atoms with Crippen molar-refractivity contribution in [3.63, 3.8) is 0 Å². The van der Waals surface area contributed by atoms with Gasteiger partial charge in [-0.3, -0.25) is 9.59 Å². The molecule has 1 N–H and O–H groups in total. The smallest absolute Gasteiger partial charge is 0.258 e.